The molecule has 0 aromatic heterocycles. The molecular formula is C27H32F2N2O4S. The van der Waals surface area contributed by atoms with Gasteiger partial charge in [0.25, 0.3) is 6.43 Å². The van der Waals surface area contributed by atoms with Gasteiger partial charge in [0.2, 0.25) is 5.91 Å². The van der Waals surface area contributed by atoms with Crippen LogP contribution in [0.4, 0.5) is 14.5 Å². The number of aliphatic hydroxyl groups excluding tert-OH is 1. The number of rotatable bonds is 7. The van der Waals surface area contributed by atoms with Crippen molar-refractivity contribution < 1.29 is 28.0 Å². The summed E-state index contributed by atoms with van der Waals surface area (Å²) in [6.07, 6.45) is 0.937. The van der Waals surface area contributed by atoms with Crippen LogP contribution in [0.5, 0.6) is 5.75 Å². The second-order valence-electron chi connectivity index (χ2n) is 10.2. The lowest BCUT2D eigenvalue weighted by atomic mass is 9.73. The molecule has 2 heterocycles. The summed E-state index contributed by atoms with van der Waals surface area (Å²) in [5.74, 6) is 0.717. The first kappa shape index (κ1) is 25.4. The van der Waals surface area contributed by atoms with Crippen LogP contribution in [0.1, 0.15) is 48.8 Å². The predicted octanol–water partition coefficient (Wildman–Crippen LogP) is 3.74. The van der Waals surface area contributed by atoms with Crippen molar-refractivity contribution in [2.75, 3.05) is 44.4 Å². The molecule has 1 amide bonds. The van der Waals surface area contributed by atoms with Crippen LogP contribution in [-0.2, 0) is 26.1 Å². The van der Waals surface area contributed by atoms with Crippen molar-refractivity contribution in [2.24, 2.45) is 0 Å². The van der Waals surface area contributed by atoms with Gasteiger partial charge in [0.05, 0.1) is 17.8 Å². The molecule has 1 spiro atoms. The van der Waals surface area contributed by atoms with Gasteiger partial charge in [-0.1, -0.05) is 18.2 Å². The highest BCUT2D eigenvalue weighted by Gasteiger charge is 2.53. The first-order chi connectivity index (χ1) is 17.2. The number of alkyl halides is 2. The van der Waals surface area contributed by atoms with Crippen LogP contribution in [0.3, 0.4) is 0 Å². The van der Waals surface area contributed by atoms with E-state index in [1.54, 1.807) is 24.3 Å². The lowest BCUT2D eigenvalue weighted by molar-refractivity contribution is -0.124. The van der Waals surface area contributed by atoms with E-state index in [1.165, 1.54) is 12.1 Å². The zero-order valence-corrected chi connectivity index (χ0v) is 21.4. The number of hydrogen-bond donors (Lipinski definition) is 1. The summed E-state index contributed by atoms with van der Waals surface area (Å²) in [5, 5.41) is 9.75. The fraction of sp³-hybridized carbons (Fsp3) is 0.519. The van der Waals surface area contributed by atoms with Gasteiger partial charge in [-0.15, -0.1) is 0 Å². The van der Waals surface area contributed by atoms with E-state index in [9.17, 15) is 23.2 Å². The predicted molar refractivity (Wildman–Crippen MR) is 135 cm³/mol. The second kappa shape index (κ2) is 9.59. The molecule has 1 atom stereocenters. The Hall–Kier alpha value is -2.20. The summed E-state index contributed by atoms with van der Waals surface area (Å²) in [6, 6.07) is 12.2. The van der Waals surface area contributed by atoms with Crippen molar-refractivity contribution in [3.63, 3.8) is 0 Å². The van der Waals surface area contributed by atoms with Crippen LogP contribution < -0.4 is 9.64 Å². The fourth-order valence-electron chi connectivity index (χ4n) is 6.04. The third kappa shape index (κ3) is 4.20. The topological polar surface area (TPSA) is 76.1 Å². The fourth-order valence-corrected chi connectivity index (χ4v) is 7.36. The molecule has 36 heavy (non-hydrogen) atoms. The molecule has 1 aliphatic carbocycles. The van der Waals surface area contributed by atoms with Crippen LogP contribution in [-0.4, -0.2) is 66.1 Å². The Morgan fingerprint density at radius 2 is 1.83 bits per heavy atom. The molecule has 1 saturated heterocycles. The van der Waals surface area contributed by atoms with Crippen LogP contribution in [0.25, 0.3) is 0 Å². The van der Waals surface area contributed by atoms with Gasteiger partial charge in [0.1, 0.15) is 12.4 Å². The van der Waals surface area contributed by atoms with Crippen molar-refractivity contribution in [1.29, 1.82) is 0 Å². The lowest BCUT2D eigenvalue weighted by Crippen LogP contribution is -2.50. The first-order valence-electron chi connectivity index (χ1n) is 12.3. The minimum absolute atomic E-state index is 0.00957. The number of amides is 1. The molecule has 1 N–H and O–H groups in total. The Morgan fingerprint density at radius 1 is 1.17 bits per heavy atom. The summed E-state index contributed by atoms with van der Waals surface area (Å²) in [6.45, 7) is 2.55. The normalized spacial score (nSPS) is 26.2. The number of ether oxygens (including phenoxy) is 1. The highest BCUT2D eigenvalue weighted by molar-refractivity contribution is 7.91. The largest absolute Gasteiger partial charge is 0.616 e. The molecule has 2 aromatic rings. The number of halogens is 2. The molecule has 6 nitrogen and oxygen atoms in total. The van der Waals surface area contributed by atoms with E-state index in [4.69, 9.17) is 4.74 Å². The van der Waals surface area contributed by atoms with Crippen LogP contribution in [0.2, 0.25) is 0 Å². The molecule has 1 unspecified atom stereocenters. The molecule has 1 saturated carbocycles. The smallest absolute Gasteiger partial charge is 0.263 e. The summed E-state index contributed by atoms with van der Waals surface area (Å²) in [7, 11) is 1.72. The first-order valence-corrected chi connectivity index (χ1v) is 13.9. The van der Waals surface area contributed by atoms with Gasteiger partial charge >= 0.3 is 0 Å². The number of piperidine rings is 1. The average molecular weight is 519 g/mol. The molecule has 0 bridgehead atoms. The lowest BCUT2D eigenvalue weighted by Gasteiger charge is -2.44. The molecule has 2 fully saturated rings. The zero-order chi connectivity index (χ0) is 25.7. The standard InChI is InChI=1S/C27H32F2N2O4S/c1-30-23-8-3-18(24(28)29)15-22(23)26(25(30)33)9-11-31(12-10-26)13-14-35-21-6-4-19(5-7-21)27(36(2)34)16-20(32)17-27/h3-8,15,20,24,32H,9-14,16-17H2,1-2H3. The van der Waals surface area contributed by atoms with Gasteiger partial charge in [0.15, 0.2) is 4.75 Å². The number of carbonyl (C=O) groups is 1. The maximum atomic E-state index is 13.3. The third-order valence-electron chi connectivity index (χ3n) is 8.31. The maximum absolute atomic E-state index is 13.3. The molecule has 0 radical (unpaired) electrons. The van der Waals surface area contributed by atoms with E-state index in [2.05, 4.69) is 4.90 Å². The Morgan fingerprint density at radius 3 is 2.42 bits per heavy atom. The molecule has 9 heteroatoms. The van der Waals surface area contributed by atoms with Gasteiger partial charge in [-0.25, -0.2) is 8.78 Å². The van der Waals surface area contributed by atoms with Crippen molar-refractivity contribution in [1.82, 2.24) is 4.90 Å². The van der Waals surface area contributed by atoms with Gasteiger partial charge in [0, 0.05) is 43.2 Å². The van der Waals surface area contributed by atoms with Crippen molar-refractivity contribution >= 4 is 22.8 Å². The summed E-state index contributed by atoms with van der Waals surface area (Å²) in [4.78, 5) is 17.0. The zero-order valence-electron chi connectivity index (χ0n) is 20.6. The Labute approximate surface area is 213 Å². The maximum Gasteiger partial charge on any atom is 0.263 e. The Bertz CT molecular complexity index is 1110. The van der Waals surface area contributed by atoms with Crippen LogP contribution >= 0.6 is 0 Å². The number of fused-ring (bicyclic) bond motifs is 2. The molecule has 5 rings (SSSR count). The van der Waals surface area contributed by atoms with Crippen LogP contribution in [0.15, 0.2) is 42.5 Å². The number of anilines is 1. The molecule has 194 valence electrons. The Kier molecular flexibility index (Phi) is 6.78. The monoisotopic (exact) mass is 518 g/mol. The van der Waals surface area contributed by atoms with Crippen molar-refractivity contribution in [2.45, 2.75) is 48.4 Å². The SMILES string of the molecule is CN1C(=O)C2(CCN(CCOc3ccc(C4([S+](C)[O-])CC(O)C4)cc3)CC2)c2cc(C(F)F)ccc21. The van der Waals surface area contributed by atoms with Crippen molar-refractivity contribution in [3.05, 3.63) is 59.2 Å². The number of hydrogen-bond acceptors (Lipinski definition) is 5. The van der Waals surface area contributed by atoms with E-state index in [0.717, 1.165) is 22.6 Å². The van der Waals surface area contributed by atoms with Crippen molar-refractivity contribution in [3.8, 4) is 5.75 Å². The minimum atomic E-state index is -2.56. The summed E-state index contributed by atoms with van der Waals surface area (Å²) < 4.78 is 44.4. The second-order valence-corrected chi connectivity index (χ2v) is 11.9. The highest BCUT2D eigenvalue weighted by Crippen LogP contribution is 2.49. The van der Waals surface area contributed by atoms with Gasteiger partial charge in [-0.2, -0.15) is 0 Å². The van der Waals surface area contributed by atoms with Gasteiger partial charge in [-0.05, 0) is 66.9 Å². The van der Waals surface area contributed by atoms with E-state index in [1.807, 2.05) is 24.3 Å². The molecule has 2 aliphatic heterocycles. The molecule has 2 aromatic carbocycles. The molecular weight excluding hydrogens is 486 g/mol. The number of aliphatic hydroxyl groups is 1. The molecule has 3 aliphatic rings. The van der Waals surface area contributed by atoms with Gasteiger partial charge < -0.3 is 19.3 Å². The third-order valence-corrected chi connectivity index (χ3v) is 9.98. The average Bonchev–Trinajstić information content (AvgIpc) is 3.05. The Balaban J connectivity index is 1.17. The summed E-state index contributed by atoms with van der Waals surface area (Å²) in [5.41, 5.74) is 1.65. The summed E-state index contributed by atoms with van der Waals surface area (Å²) >= 11 is -1.07. The van der Waals surface area contributed by atoms with Crippen LogP contribution in [0, 0.1) is 0 Å². The quantitative estimate of drug-likeness (QED) is 0.566. The number of carbonyl (C=O) groups excluding carboxylic acids is 1. The number of nitrogens with zero attached hydrogens (tertiary/aromatic N) is 2. The van der Waals surface area contributed by atoms with E-state index in [-0.39, 0.29) is 11.5 Å². The number of benzene rings is 2. The number of likely N-dealkylation sites (N-methyl/N-ethyl adjacent to an activating group) is 1. The van der Waals surface area contributed by atoms with E-state index in [0.29, 0.717) is 51.9 Å². The highest BCUT2D eigenvalue weighted by atomic mass is 32.2. The van der Waals surface area contributed by atoms with E-state index >= 15 is 0 Å². The van der Waals surface area contributed by atoms with Gasteiger partial charge in [-0.3, -0.25) is 9.69 Å². The van der Waals surface area contributed by atoms with E-state index < -0.39 is 33.9 Å². The minimum Gasteiger partial charge on any atom is -0.616 e. The number of likely N-dealkylation sites (tertiary alicyclic amines) is 1.